The molecule has 1 aromatic carbocycles. The summed E-state index contributed by atoms with van der Waals surface area (Å²) in [5, 5.41) is 8.65. The van der Waals surface area contributed by atoms with Crippen molar-refractivity contribution in [2.75, 3.05) is 26.3 Å². The number of nitrogens with one attached hydrogen (secondary N) is 1. The largest absolute Gasteiger partial charge is 0.394 e. The Kier molecular flexibility index (Phi) is 6.12. The van der Waals surface area contributed by atoms with Crippen LogP contribution < -0.4 is 5.48 Å². The number of carbonyl (C=O) groups excluding carboxylic acids is 2. The lowest BCUT2D eigenvalue weighted by Gasteiger charge is -2.32. The molecule has 0 aliphatic carbocycles. The van der Waals surface area contributed by atoms with Crippen LogP contribution in [0, 0.1) is 19.8 Å². The Hall–Kier alpha value is -1.92. The van der Waals surface area contributed by atoms with E-state index in [9.17, 15) is 9.59 Å². The number of hydrogen-bond acceptors (Lipinski definition) is 4. The normalized spacial score (nSPS) is 17.9. The van der Waals surface area contributed by atoms with Crippen LogP contribution in [0.1, 0.15) is 34.3 Å². The van der Waals surface area contributed by atoms with Crippen LogP contribution in [0.5, 0.6) is 0 Å². The first kappa shape index (κ1) is 17.4. The van der Waals surface area contributed by atoms with Crippen molar-refractivity contribution >= 4 is 11.8 Å². The van der Waals surface area contributed by atoms with Gasteiger partial charge in [0.2, 0.25) is 5.91 Å². The number of amides is 2. The van der Waals surface area contributed by atoms with Crippen LogP contribution in [-0.4, -0.2) is 48.1 Å². The van der Waals surface area contributed by atoms with E-state index >= 15 is 0 Å². The average molecular weight is 320 g/mol. The van der Waals surface area contributed by atoms with Crippen LogP contribution in [-0.2, 0) is 9.63 Å². The van der Waals surface area contributed by atoms with E-state index in [1.165, 1.54) is 0 Å². The van der Waals surface area contributed by atoms with Gasteiger partial charge in [-0.15, -0.1) is 0 Å². The van der Waals surface area contributed by atoms with Gasteiger partial charge in [0.05, 0.1) is 19.1 Å². The fourth-order valence-corrected chi connectivity index (χ4v) is 2.91. The van der Waals surface area contributed by atoms with E-state index in [2.05, 4.69) is 5.48 Å². The molecule has 1 fully saturated rings. The van der Waals surface area contributed by atoms with E-state index in [1.807, 2.05) is 32.0 Å². The smallest absolute Gasteiger partial charge is 0.253 e. The fourth-order valence-electron chi connectivity index (χ4n) is 2.91. The van der Waals surface area contributed by atoms with Gasteiger partial charge in [-0.25, -0.2) is 5.48 Å². The third-order valence-electron chi connectivity index (χ3n) is 3.91. The summed E-state index contributed by atoms with van der Waals surface area (Å²) in [6, 6.07) is 5.79. The summed E-state index contributed by atoms with van der Waals surface area (Å²) in [6.07, 6.45) is 1.51. The van der Waals surface area contributed by atoms with Crippen LogP contribution in [0.4, 0.5) is 0 Å². The van der Waals surface area contributed by atoms with E-state index in [4.69, 9.17) is 9.94 Å². The minimum absolute atomic E-state index is 0.0365. The molecule has 23 heavy (non-hydrogen) atoms. The number of hydrogen-bond donors (Lipinski definition) is 2. The standard InChI is InChI=1S/C17H24N2O4/c1-12-8-13(2)10-15(9-12)17(22)19-5-3-4-14(11-19)16(21)18-23-7-6-20/h8-10,14,20H,3-7,11H2,1-2H3,(H,18,21). The van der Waals surface area contributed by atoms with Gasteiger partial charge >= 0.3 is 0 Å². The molecule has 1 saturated heterocycles. The summed E-state index contributed by atoms with van der Waals surface area (Å²) in [5.41, 5.74) is 5.11. The maximum absolute atomic E-state index is 12.7. The van der Waals surface area contributed by atoms with Gasteiger partial charge in [0.25, 0.3) is 5.91 Å². The van der Waals surface area contributed by atoms with Crippen molar-refractivity contribution in [1.29, 1.82) is 0 Å². The quantitative estimate of drug-likeness (QED) is 0.631. The summed E-state index contributed by atoms with van der Waals surface area (Å²) in [6.45, 7) is 4.89. The summed E-state index contributed by atoms with van der Waals surface area (Å²) >= 11 is 0. The fraction of sp³-hybridized carbons (Fsp3) is 0.529. The first-order valence-electron chi connectivity index (χ1n) is 7.91. The number of nitrogens with zero attached hydrogens (tertiary/aromatic N) is 1. The zero-order valence-electron chi connectivity index (χ0n) is 13.7. The number of carbonyl (C=O) groups is 2. The Morgan fingerprint density at radius 1 is 1.30 bits per heavy atom. The summed E-state index contributed by atoms with van der Waals surface area (Å²) in [5.74, 6) is -0.556. The molecule has 1 aromatic rings. The first-order valence-corrected chi connectivity index (χ1v) is 7.91. The van der Waals surface area contributed by atoms with E-state index in [0.29, 0.717) is 18.7 Å². The summed E-state index contributed by atoms with van der Waals surface area (Å²) in [4.78, 5) is 31.3. The van der Waals surface area contributed by atoms with Crippen molar-refractivity contribution in [3.63, 3.8) is 0 Å². The molecule has 0 saturated carbocycles. The maximum Gasteiger partial charge on any atom is 0.253 e. The molecule has 1 unspecified atom stereocenters. The topological polar surface area (TPSA) is 78.9 Å². The van der Waals surface area contributed by atoms with Crippen molar-refractivity contribution in [3.8, 4) is 0 Å². The minimum atomic E-state index is -0.280. The lowest BCUT2D eigenvalue weighted by atomic mass is 9.96. The van der Waals surface area contributed by atoms with Gasteiger partial charge in [-0.05, 0) is 38.8 Å². The van der Waals surface area contributed by atoms with Crippen molar-refractivity contribution in [3.05, 3.63) is 34.9 Å². The van der Waals surface area contributed by atoms with Crippen LogP contribution in [0.2, 0.25) is 0 Å². The van der Waals surface area contributed by atoms with Crippen LogP contribution in [0.3, 0.4) is 0 Å². The van der Waals surface area contributed by atoms with E-state index < -0.39 is 0 Å². The zero-order valence-corrected chi connectivity index (χ0v) is 13.7. The number of piperidine rings is 1. The molecule has 0 spiro atoms. The minimum Gasteiger partial charge on any atom is -0.394 e. The Labute approximate surface area is 136 Å². The molecule has 2 amide bonds. The second-order valence-corrected chi connectivity index (χ2v) is 6.01. The molecular formula is C17H24N2O4. The van der Waals surface area contributed by atoms with Gasteiger partial charge in [0.15, 0.2) is 0 Å². The highest BCUT2D eigenvalue weighted by molar-refractivity contribution is 5.95. The van der Waals surface area contributed by atoms with E-state index in [-0.39, 0.29) is 30.9 Å². The van der Waals surface area contributed by atoms with Crippen LogP contribution in [0.25, 0.3) is 0 Å². The van der Waals surface area contributed by atoms with Crippen LogP contribution >= 0.6 is 0 Å². The third kappa shape index (κ3) is 4.77. The molecule has 0 radical (unpaired) electrons. The lowest BCUT2D eigenvalue weighted by molar-refractivity contribution is -0.139. The summed E-state index contributed by atoms with van der Waals surface area (Å²) in [7, 11) is 0. The SMILES string of the molecule is Cc1cc(C)cc(C(=O)N2CCCC(C(=O)NOCCO)C2)c1. The number of aliphatic hydroxyl groups excluding tert-OH is 1. The van der Waals surface area contributed by atoms with Gasteiger partial charge in [-0.1, -0.05) is 17.2 Å². The molecular weight excluding hydrogens is 296 g/mol. The molecule has 2 N–H and O–H groups in total. The predicted molar refractivity (Wildman–Crippen MR) is 85.7 cm³/mol. The molecule has 6 heteroatoms. The third-order valence-corrected chi connectivity index (χ3v) is 3.91. The first-order chi connectivity index (χ1) is 11.0. The predicted octanol–water partition coefficient (Wildman–Crippen LogP) is 1.20. The van der Waals surface area contributed by atoms with Gasteiger partial charge in [-0.2, -0.15) is 0 Å². The molecule has 1 aliphatic heterocycles. The highest BCUT2D eigenvalue weighted by Crippen LogP contribution is 2.20. The van der Waals surface area contributed by atoms with Crippen LogP contribution in [0.15, 0.2) is 18.2 Å². The highest BCUT2D eigenvalue weighted by Gasteiger charge is 2.29. The molecule has 126 valence electrons. The summed E-state index contributed by atoms with van der Waals surface area (Å²) < 4.78 is 0. The zero-order chi connectivity index (χ0) is 16.8. The van der Waals surface area contributed by atoms with Gasteiger partial charge in [-0.3, -0.25) is 14.4 Å². The molecule has 1 atom stereocenters. The number of benzene rings is 1. The molecule has 2 rings (SSSR count). The maximum atomic E-state index is 12.7. The number of aliphatic hydroxyl groups is 1. The van der Waals surface area contributed by atoms with Crippen molar-refractivity contribution in [2.45, 2.75) is 26.7 Å². The molecule has 1 aliphatic rings. The Bertz CT molecular complexity index is 553. The van der Waals surface area contributed by atoms with Crippen molar-refractivity contribution in [2.24, 2.45) is 5.92 Å². The molecule has 0 aromatic heterocycles. The van der Waals surface area contributed by atoms with Gasteiger partial charge in [0.1, 0.15) is 0 Å². The van der Waals surface area contributed by atoms with E-state index in [1.54, 1.807) is 4.90 Å². The number of rotatable bonds is 5. The highest BCUT2D eigenvalue weighted by atomic mass is 16.7. The number of likely N-dealkylation sites (tertiary alicyclic amines) is 1. The Balaban J connectivity index is 1.99. The number of aryl methyl sites for hydroxylation is 2. The van der Waals surface area contributed by atoms with E-state index in [0.717, 1.165) is 24.0 Å². The average Bonchev–Trinajstić information content (AvgIpc) is 2.53. The molecule has 0 bridgehead atoms. The second-order valence-electron chi connectivity index (χ2n) is 6.01. The lowest BCUT2D eigenvalue weighted by Crippen LogP contribution is -2.45. The molecule has 1 heterocycles. The Morgan fingerprint density at radius 2 is 2.00 bits per heavy atom. The van der Waals surface area contributed by atoms with Crippen molar-refractivity contribution < 1.29 is 19.5 Å². The monoisotopic (exact) mass is 320 g/mol. The van der Waals surface area contributed by atoms with Crippen molar-refractivity contribution in [1.82, 2.24) is 10.4 Å². The number of hydroxylamine groups is 1. The Morgan fingerprint density at radius 3 is 2.65 bits per heavy atom. The second kappa shape index (κ2) is 8.08. The molecule has 6 nitrogen and oxygen atoms in total. The van der Waals surface area contributed by atoms with Gasteiger partial charge < -0.3 is 10.0 Å². The van der Waals surface area contributed by atoms with Gasteiger partial charge in [0, 0.05) is 18.7 Å².